The van der Waals surface area contributed by atoms with Crippen LogP contribution in [0.15, 0.2) is 0 Å². The number of rotatable bonds is 12. The monoisotopic (exact) mass is 678 g/mol. The summed E-state index contributed by atoms with van der Waals surface area (Å²) in [5.74, 6) is -7.02. The third kappa shape index (κ3) is 12.1. The van der Waals surface area contributed by atoms with Gasteiger partial charge in [0.05, 0.1) is 0 Å². The Bertz CT molecular complexity index is 1200. The van der Waals surface area contributed by atoms with Gasteiger partial charge in [0.1, 0.15) is 31.5 Å². The summed E-state index contributed by atoms with van der Waals surface area (Å²) >= 11 is 0. The van der Waals surface area contributed by atoms with E-state index in [1.807, 2.05) is 0 Å². The van der Waals surface area contributed by atoms with E-state index >= 15 is 0 Å². The highest BCUT2D eigenvalue weighted by Crippen LogP contribution is 2.35. The summed E-state index contributed by atoms with van der Waals surface area (Å²) < 4.78 is 60.2. The second kappa shape index (κ2) is 17.5. The first kappa shape index (κ1) is 38.8. The van der Waals surface area contributed by atoms with Crippen LogP contribution < -0.4 is 0 Å². The zero-order valence-corrected chi connectivity index (χ0v) is 26.9. The molecule has 2 aliphatic heterocycles. The number of carbonyl (C=O) groups excluding carboxylic acids is 8. The molecule has 0 saturated carbocycles. The minimum absolute atomic E-state index is 0.590. The van der Waals surface area contributed by atoms with Gasteiger partial charge in [-0.05, 0) is 0 Å². The van der Waals surface area contributed by atoms with Gasteiger partial charge in [0.25, 0.3) is 0 Å². The molecule has 2 aliphatic rings. The summed E-state index contributed by atoms with van der Waals surface area (Å²) in [4.78, 5) is 96.3. The lowest BCUT2D eigenvalue weighted by Crippen LogP contribution is -2.67. The second-order valence-corrected chi connectivity index (χ2v) is 10.3. The van der Waals surface area contributed by atoms with Crippen LogP contribution in [0.25, 0.3) is 0 Å². The largest absolute Gasteiger partial charge is 0.463 e. The number of ether oxygens (including phenoxy) is 11. The van der Waals surface area contributed by atoms with E-state index < -0.39 is 122 Å². The molecule has 2 rings (SSSR count). The molecule has 0 radical (unpaired) electrons. The Morgan fingerprint density at radius 3 is 1.11 bits per heavy atom. The SMILES string of the molecule is CC(=O)OC[C@H]1O[C@@H](O[C@H]2[C@H](OC(C)=O)[C@H](OC(C)=O)C(OC(C)=O)O[C@@H]2COC(C)=O)[C@@H](OC(C)=O)[C@@H](OC(C)=O)[C@@H]1OC(C)=O. The maximum atomic E-state index is 12.3. The van der Waals surface area contributed by atoms with Crippen molar-refractivity contribution < 1.29 is 90.5 Å². The zero-order chi connectivity index (χ0) is 35.6. The van der Waals surface area contributed by atoms with Crippen LogP contribution in [-0.4, -0.2) is 122 Å². The lowest BCUT2D eigenvalue weighted by Gasteiger charge is -2.48. The van der Waals surface area contributed by atoms with Crippen LogP contribution in [0.3, 0.4) is 0 Å². The molecule has 19 heteroatoms. The lowest BCUT2D eigenvalue weighted by atomic mass is 9.96. The van der Waals surface area contributed by atoms with Gasteiger partial charge < -0.3 is 52.1 Å². The molecule has 0 aromatic carbocycles. The van der Waals surface area contributed by atoms with Gasteiger partial charge in [-0.2, -0.15) is 0 Å². The fourth-order valence-corrected chi connectivity index (χ4v) is 4.73. The molecule has 0 aromatic heterocycles. The van der Waals surface area contributed by atoms with Crippen molar-refractivity contribution in [2.45, 2.75) is 117 Å². The van der Waals surface area contributed by atoms with Crippen molar-refractivity contribution in [1.29, 1.82) is 0 Å². The van der Waals surface area contributed by atoms with E-state index in [1.54, 1.807) is 0 Å². The molecule has 47 heavy (non-hydrogen) atoms. The van der Waals surface area contributed by atoms with Gasteiger partial charge in [-0.1, -0.05) is 0 Å². The van der Waals surface area contributed by atoms with E-state index in [1.165, 1.54) is 0 Å². The summed E-state index contributed by atoms with van der Waals surface area (Å²) in [5.41, 5.74) is 0. The topological polar surface area (TPSA) is 238 Å². The van der Waals surface area contributed by atoms with Crippen LogP contribution in [0.1, 0.15) is 55.4 Å². The smallest absolute Gasteiger partial charge is 0.305 e. The Morgan fingerprint density at radius 2 is 0.702 bits per heavy atom. The molecule has 2 saturated heterocycles. The van der Waals surface area contributed by atoms with E-state index in [0.717, 1.165) is 55.4 Å². The van der Waals surface area contributed by atoms with Gasteiger partial charge >= 0.3 is 47.8 Å². The first-order chi connectivity index (χ1) is 21.9. The van der Waals surface area contributed by atoms with Crippen LogP contribution in [0, 0.1) is 0 Å². The molecular weight excluding hydrogens is 640 g/mol. The third-order valence-corrected chi connectivity index (χ3v) is 6.17. The van der Waals surface area contributed by atoms with Gasteiger partial charge in [0, 0.05) is 55.4 Å². The van der Waals surface area contributed by atoms with Crippen LogP contribution in [0.2, 0.25) is 0 Å². The molecule has 0 N–H and O–H groups in total. The third-order valence-electron chi connectivity index (χ3n) is 6.17. The average molecular weight is 679 g/mol. The Morgan fingerprint density at radius 1 is 0.383 bits per heavy atom. The van der Waals surface area contributed by atoms with Gasteiger partial charge in [-0.3, -0.25) is 38.4 Å². The summed E-state index contributed by atoms with van der Waals surface area (Å²) in [5, 5.41) is 0. The van der Waals surface area contributed by atoms with Crippen molar-refractivity contribution in [3.8, 4) is 0 Å². The summed E-state index contributed by atoms with van der Waals surface area (Å²) in [6, 6.07) is 0. The van der Waals surface area contributed by atoms with Crippen LogP contribution in [0.5, 0.6) is 0 Å². The molecule has 10 atom stereocenters. The first-order valence-electron chi connectivity index (χ1n) is 14.2. The number of esters is 8. The van der Waals surface area contributed by atoms with Crippen molar-refractivity contribution in [1.82, 2.24) is 0 Å². The van der Waals surface area contributed by atoms with Crippen molar-refractivity contribution in [2.24, 2.45) is 0 Å². The van der Waals surface area contributed by atoms with Crippen LogP contribution in [0.4, 0.5) is 0 Å². The van der Waals surface area contributed by atoms with Crippen molar-refractivity contribution in [3.63, 3.8) is 0 Å². The summed E-state index contributed by atoms with van der Waals surface area (Å²) in [6.07, 6.45) is -16.3. The minimum Gasteiger partial charge on any atom is -0.463 e. The molecule has 0 bridgehead atoms. The highest BCUT2D eigenvalue weighted by molar-refractivity contribution is 5.70. The number of carbonyl (C=O) groups is 8. The van der Waals surface area contributed by atoms with E-state index in [0.29, 0.717) is 0 Å². The Hall–Kier alpha value is -4.36. The molecule has 0 spiro atoms. The molecule has 0 aromatic rings. The molecular formula is C28H38O19. The fourth-order valence-electron chi connectivity index (χ4n) is 4.73. The maximum Gasteiger partial charge on any atom is 0.305 e. The molecule has 0 amide bonds. The van der Waals surface area contributed by atoms with E-state index in [-0.39, 0.29) is 0 Å². The van der Waals surface area contributed by atoms with Crippen molar-refractivity contribution in [3.05, 3.63) is 0 Å². The van der Waals surface area contributed by atoms with E-state index in [4.69, 9.17) is 52.1 Å². The Kier molecular flexibility index (Phi) is 14.5. The average Bonchev–Trinajstić information content (AvgIpc) is 2.91. The molecule has 1 unspecified atom stereocenters. The second-order valence-electron chi connectivity index (χ2n) is 10.3. The Balaban J connectivity index is 2.73. The standard InChI is InChI=1S/C28H38O19/c1-11(29)37-9-19-21(39-13(3)31)23(40-14(4)32)26(43-17(7)35)28(46-19)47-22-20(10-38-12(2)30)45-27(44-18(8)36)25(42-16(6)34)24(22)41-15(5)33/h19-28H,9-10H2,1-8H3/t19-,20-,21-,22-,23+,24+,25+,26+,27?,28+/m1/s1. The minimum atomic E-state index is -1.83. The lowest BCUT2D eigenvalue weighted by molar-refractivity contribution is -0.357. The molecule has 0 aliphatic carbocycles. The highest BCUT2D eigenvalue weighted by atomic mass is 16.8. The van der Waals surface area contributed by atoms with Crippen LogP contribution >= 0.6 is 0 Å². The predicted octanol–water partition coefficient (Wildman–Crippen LogP) is -0.831. The van der Waals surface area contributed by atoms with E-state index in [2.05, 4.69) is 0 Å². The summed E-state index contributed by atoms with van der Waals surface area (Å²) in [7, 11) is 0. The van der Waals surface area contributed by atoms with Gasteiger partial charge in [-0.25, -0.2) is 0 Å². The number of hydrogen-bond acceptors (Lipinski definition) is 19. The van der Waals surface area contributed by atoms with Crippen molar-refractivity contribution >= 4 is 47.8 Å². The van der Waals surface area contributed by atoms with Gasteiger partial charge in [0.2, 0.25) is 12.4 Å². The molecule has 19 nitrogen and oxygen atoms in total. The van der Waals surface area contributed by atoms with Crippen LogP contribution in [-0.2, 0) is 90.5 Å². The Labute approximate surface area is 268 Å². The number of hydrogen-bond donors (Lipinski definition) is 0. The fraction of sp³-hybridized carbons (Fsp3) is 0.714. The van der Waals surface area contributed by atoms with Gasteiger partial charge in [0.15, 0.2) is 30.7 Å². The van der Waals surface area contributed by atoms with Gasteiger partial charge in [-0.15, -0.1) is 0 Å². The molecule has 2 heterocycles. The molecule has 264 valence electrons. The molecule has 2 fully saturated rings. The zero-order valence-electron chi connectivity index (χ0n) is 26.9. The first-order valence-corrected chi connectivity index (χ1v) is 14.2. The van der Waals surface area contributed by atoms with E-state index in [9.17, 15) is 38.4 Å². The normalized spacial score (nSPS) is 30.0. The highest BCUT2D eigenvalue weighted by Gasteiger charge is 2.58. The van der Waals surface area contributed by atoms with Crippen molar-refractivity contribution in [2.75, 3.05) is 13.2 Å². The maximum absolute atomic E-state index is 12.3. The quantitative estimate of drug-likeness (QED) is 0.181. The summed E-state index contributed by atoms with van der Waals surface area (Å²) in [6.45, 7) is 7.05. The predicted molar refractivity (Wildman–Crippen MR) is 145 cm³/mol.